The van der Waals surface area contributed by atoms with Gasteiger partial charge in [-0.15, -0.1) is 0 Å². The molecule has 0 saturated carbocycles. The number of rotatable bonds is 7. The molecule has 1 N–H and O–H groups in total. The number of pyridine rings is 1. The third-order valence-corrected chi connectivity index (χ3v) is 7.11. The molecule has 1 aromatic heterocycles. The first-order valence-corrected chi connectivity index (χ1v) is 12.2. The highest BCUT2D eigenvalue weighted by Gasteiger charge is 2.44. The number of likely N-dealkylation sites (tertiary alicyclic amines) is 1. The number of carbonyl (C=O) groups excluding carboxylic acids is 2. The van der Waals surface area contributed by atoms with Crippen LogP contribution < -0.4 is 4.90 Å². The number of ether oxygens (including phenoxy) is 2. The Morgan fingerprint density at radius 3 is 2.62 bits per heavy atom. The van der Waals surface area contributed by atoms with Crippen molar-refractivity contribution in [2.75, 3.05) is 31.1 Å². The van der Waals surface area contributed by atoms with E-state index in [0.717, 1.165) is 44.5 Å². The van der Waals surface area contributed by atoms with E-state index >= 15 is 0 Å². The minimum Gasteiger partial charge on any atom is -0.450 e. The van der Waals surface area contributed by atoms with E-state index in [2.05, 4.69) is 9.88 Å². The number of carbonyl (C=O) groups is 3. The van der Waals surface area contributed by atoms with E-state index < -0.39 is 18.0 Å². The Hall–Kier alpha value is -3.04. The Balaban J connectivity index is 1.24. The monoisotopic (exact) mass is 474 g/mol. The van der Waals surface area contributed by atoms with Gasteiger partial charge in [0.1, 0.15) is 5.60 Å². The molecule has 34 heavy (non-hydrogen) atoms. The van der Waals surface area contributed by atoms with Crippen LogP contribution in [0.3, 0.4) is 0 Å². The Morgan fingerprint density at radius 2 is 1.91 bits per heavy atom. The molecule has 0 bridgehead atoms. The Kier molecular flexibility index (Phi) is 7.43. The number of anilines is 1. The van der Waals surface area contributed by atoms with Crippen LogP contribution in [0.1, 0.15) is 58.3 Å². The van der Waals surface area contributed by atoms with Crippen molar-refractivity contribution >= 4 is 23.8 Å². The fourth-order valence-electron chi connectivity index (χ4n) is 5.31. The number of piperidine rings is 2. The first-order chi connectivity index (χ1) is 16.3. The molecular weight excluding hydrogens is 440 g/mol. The molecular formula is C24H34N4O6. The summed E-state index contributed by atoms with van der Waals surface area (Å²) < 4.78 is 10.7. The van der Waals surface area contributed by atoms with Crippen molar-refractivity contribution in [3.05, 3.63) is 24.5 Å². The topological polar surface area (TPSA) is 113 Å². The van der Waals surface area contributed by atoms with Crippen LogP contribution in [0.5, 0.6) is 0 Å². The SMILES string of the molecule is CC1(CCCC(=O)N2CCCCC2OC(=O)O)CN(C2CCN(c3ccncc3)CC2)C(=O)O1. The zero-order chi connectivity index (χ0) is 24.1. The zero-order valence-corrected chi connectivity index (χ0v) is 19.7. The van der Waals surface area contributed by atoms with Crippen molar-refractivity contribution in [1.29, 1.82) is 0 Å². The maximum atomic E-state index is 12.7. The average Bonchev–Trinajstić information content (AvgIpc) is 3.13. The molecule has 3 aliphatic rings. The molecule has 3 saturated heterocycles. The molecule has 186 valence electrons. The molecule has 0 spiro atoms. The highest BCUT2D eigenvalue weighted by atomic mass is 16.7. The Bertz CT molecular complexity index is 875. The molecule has 2 amide bonds. The number of hydrogen-bond acceptors (Lipinski definition) is 7. The third-order valence-electron chi connectivity index (χ3n) is 7.11. The summed E-state index contributed by atoms with van der Waals surface area (Å²) in [6.45, 7) is 4.71. The van der Waals surface area contributed by atoms with E-state index in [9.17, 15) is 14.4 Å². The van der Waals surface area contributed by atoms with E-state index in [1.807, 2.05) is 24.0 Å². The molecule has 0 aromatic carbocycles. The van der Waals surface area contributed by atoms with Crippen molar-refractivity contribution in [1.82, 2.24) is 14.8 Å². The van der Waals surface area contributed by atoms with Crippen LogP contribution in [-0.4, -0.2) is 82.1 Å². The predicted octanol–water partition coefficient (Wildman–Crippen LogP) is 3.46. The lowest BCUT2D eigenvalue weighted by molar-refractivity contribution is -0.146. The molecule has 0 radical (unpaired) electrons. The van der Waals surface area contributed by atoms with Gasteiger partial charge in [-0.1, -0.05) is 0 Å². The summed E-state index contributed by atoms with van der Waals surface area (Å²) in [5, 5.41) is 8.93. The fraction of sp³-hybridized carbons (Fsp3) is 0.667. The van der Waals surface area contributed by atoms with Crippen molar-refractivity contribution in [3.63, 3.8) is 0 Å². The van der Waals surface area contributed by atoms with Gasteiger partial charge in [-0.25, -0.2) is 9.59 Å². The summed E-state index contributed by atoms with van der Waals surface area (Å²) >= 11 is 0. The second kappa shape index (κ2) is 10.5. The fourth-order valence-corrected chi connectivity index (χ4v) is 5.31. The molecule has 0 aliphatic carbocycles. The molecule has 3 aliphatic heterocycles. The van der Waals surface area contributed by atoms with Gasteiger partial charge < -0.3 is 29.3 Å². The smallest absolute Gasteiger partial charge is 0.450 e. The zero-order valence-electron chi connectivity index (χ0n) is 19.7. The van der Waals surface area contributed by atoms with Crippen molar-refractivity contribution in [2.45, 2.75) is 76.2 Å². The molecule has 1 aromatic rings. The predicted molar refractivity (Wildman–Crippen MR) is 123 cm³/mol. The van der Waals surface area contributed by atoms with E-state index in [4.69, 9.17) is 14.6 Å². The van der Waals surface area contributed by atoms with Gasteiger partial charge in [0, 0.05) is 56.6 Å². The first kappa shape index (κ1) is 24.1. The maximum Gasteiger partial charge on any atom is 0.507 e. The molecule has 2 unspecified atom stereocenters. The second-order valence-corrected chi connectivity index (χ2v) is 9.64. The van der Waals surface area contributed by atoms with Crippen LogP contribution in [0.2, 0.25) is 0 Å². The summed E-state index contributed by atoms with van der Waals surface area (Å²) in [7, 11) is 0. The summed E-state index contributed by atoms with van der Waals surface area (Å²) in [4.78, 5) is 46.1. The maximum absolute atomic E-state index is 12.7. The minimum atomic E-state index is -1.36. The summed E-state index contributed by atoms with van der Waals surface area (Å²) in [5.41, 5.74) is 0.523. The van der Waals surface area contributed by atoms with Crippen molar-refractivity contribution in [3.8, 4) is 0 Å². The molecule has 3 fully saturated rings. The third kappa shape index (κ3) is 5.71. The lowest BCUT2D eigenvalue weighted by Crippen LogP contribution is -2.46. The van der Waals surface area contributed by atoms with Gasteiger partial charge in [-0.05, 0) is 57.6 Å². The van der Waals surface area contributed by atoms with E-state index in [-0.39, 0.29) is 24.5 Å². The minimum absolute atomic E-state index is 0.112. The van der Waals surface area contributed by atoms with Gasteiger partial charge in [0.2, 0.25) is 5.91 Å². The number of hydrogen-bond donors (Lipinski definition) is 1. The van der Waals surface area contributed by atoms with Crippen LogP contribution in [0.25, 0.3) is 0 Å². The lowest BCUT2D eigenvalue weighted by Gasteiger charge is -2.37. The molecule has 4 rings (SSSR count). The van der Waals surface area contributed by atoms with Gasteiger partial charge in [0.15, 0.2) is 6.23 Å². The largest absolute Gasteiger partial charge is 0.507 e. The standard InChI is InChI=1S/C24H34N4O6/c1-24(11-4-5-20(29)27-14-3-2-6-21(27)33-23(31)32)17-28(22(30)34-24)19-9-15-26(16-10-19)18-7-12-25-13-8-18/h7-8,12-13,19,21H,2-6,9-11,14-17H2,1H3,(H,31,32). The number of cyclic esters (lactones) is 1. The Morgan fingerprint density at radius 1 is 1.18 bits per heavy atom. The van der Waals surface area contributed by atoms with Crippen LogP contribution >= 0.6 is 0 Å². The van der Waals surface area contributed by atoms with Crippen molar-refractivity contribution < 1.29 is 29.0 Å². The van der Waals surface area contributed by atoms with E-state index in [0.29, 0.717) is 32.4 Å². The van der Waals surface area contributed by atoms with Gasteiger partial charge in [0.25, 0.3) is 0 Å². The van der Waals surface area contributed by atoms with Crippen LogP contribution in [0.15, 0.2) is 24.5 Å². The quantitative estimate of drug-likeness (QED) is 0.598. The van der Waals surface area contributed by atoms with E-state index in [1.54, 1.807) is 12.4 Å². The number of nitrogens with zero attached hydrogens (tertiary/aromatic N) is 4. The van der Waals surface area contributed by atoms with Crippen LogP contribution in [0.4, 0.5) is 15.3 Å². The summed E-state index contributed by atoms with van der Waals surface area (Å²) in [6.07, 6.45) is 6.64. The number of aromatic nitrogens is 1. The molecule has 4 heterocycles. The van der Waals surface area contributed by atoms with Crippen LogP contribution in [0, 0.1) is 0 Å². The number of amides is 2. The van der Waals surface area contributed by atoms with E-state index in [1.165, 1.54) is 4.90 Å². The van der Waals surface area contributed by atoms with Gasteiger partial charge >= 0.3 is 12.2 Å². The van der Waals surface area contributed by atoms with Gasteiger partial charge in [-0.2, -0.15) is 0 Å². The highest BCUT2D eigenvalue weighted by Crippen LogP contribution is 2.32. The summed E-state index contributed by atoms with van der Waals surface area (Å²) in [6, 6.07) is 4.15. The van der Waals surface area contributed by atoms with Crippen molar-refractivity contribution in [2.24, 2.45) is 0 Å². The first-order valence-electron chi connectivity index (χ1n) is 12.2. The molecule has 10 heteroatoms. The Labute approximate surface area is 199 Å². The summed E-state index contributed by atoms with van der Waals surface area (Å²) in [5.74, 6) is -0.112. The average molecular weight is 475 g/mol. The highest BCUT2D eigenvalue weighted by molar-refractivity contribution is 5.76. The number of carboxylic acid groups (broad SMARTS) is 1. The van der Waals surface area contributed by atoms with Gasteiger partial charge in [0.05, 0.1) is 6.54 Å². The lowest BCUT2D eigenvalue weighted by atomic mass is 9.96. The van der Waals surface area contributed by atoms with Gasteiger partial charge in [-0.3, -0.25) is 9.78 Å². The van der Waals surface area contributed by atoms with Crippen LogP contribution in [-0.2, 0) is 14.3 Å². The molecule has 2 atom stereocenters. The second-order valence-electron chi connectivity index (χ2n) is 9.64. The molecule has 10 nitrogen and oxygen atoms in total. The normalized spacial score (nSPS) is 25.9.